The first-order valence-corrected chi connectivity index (χ1v) is 7.53. The van der Waals surface area contributed by atoms with Crippen LogP contribution < -0.4 is 10.9 Å². The van der Waals surface area contributed by atoms with Gasteiger partial charge >= 0.3 is 0 Å². The number of aromatic nitrogens is 1. The lowest BCUT2D eigenvalue weighted by molar-refractivity contribution is 0.0962. The molecule has 0 saturated carbocycles. The van der Waals surface area contributed by atoms with Crippen LogP contribution in [0, 0.1) is 6.92 Å². The van der Waals surface area contributed by atoms with Gasteiger partial charge < -0.3 is 15.0 Å². The maximum absolute atomic E-state index is 12.4. The molecule has 0 aliphatic rings. The van der Waals surface area contributed by atoms with Gasteiger partial charge in [-0.3, -0.25) is 9.59 Å². The maximum Gasteiger partial charge on any atom is 0.267 e. The maximum atomic E-state index is 12.4. The van der Waals surface area contributed by atoms with E-state index in [1.807, 2.05) is 39.0 Å². The zero-order chi connectivity index (χ0) is 17.6. The third-order valence-electron chi connectivity index (χ3n) is 3.68. The number of aryl methyl sites for hydroxylation is 1. The van der Waals surface area contributed by atoms with Gasteiger partial charge in [0.1, 0.15) is 11.3 Å². The molecule has 5 heteroatoms. The molecule has 0 aliphatic heterocycles. The molecule has 1 aromatic heterocycles. The van der Waals surface area contributed by atoms with Crippen molar-refractivity contribution < 1.29 is 9.90 Å². The van der Waals surface area contributed by atoms with E-state index in [4.69, 9.17) is 0 Å². The van der Waals surface area contributed by atoms with Gasteiger partial charge in [-0.1, -0.05) is 25.2 Å². The minimum Gasteiger partial charge on any atom is -0.507 e. The molecule has 5 nitrogen and oxygen atoms in total. The second kappa shape index (κ2) is 8.17. The van der Waals surface area contributed by atoms with Crippen molar-refractivity contribution in [1.82, 2.24) is 9.88 Å². The van der Waals surface area contributed by atoms with Crippen LogP contribution in [-0.4, -0.2) is 15.6 Å². The van der Waals surface area contributed by atoms with E-state index in [9.17, 15) is 14.7 Å². The first-order valence-electron chi connectivity index (χ1n) is 7.53. The van der Waals surface area contributed by atoms with Gasteiger partial charge in [-0.05, 0) is 38.8 Å². The van der Waals surface area contributed by atoms with Gasteiger partial charge in [0.05, 0.1) is 0 Å². The molecule has 23 heavy (non-hydrogen) atoms. The molecule has 0 aliphatic carbocycles. The van der Waals surface area contributed by atoms with Crippen LogP contribution in [0.15, 0.2) is 46.4 Å². The highest BCUT2D eigenvalue weighted by Gasteiger charge is 2.19. The van der Waals surface area contributed by atoms with Crippen molar-refractivity contribution in [3.05, 3.63) is 63.3 Å². The SMILES string of the molecule is C\C=C/C=C\C(NC(=O)c1c(O)cc(C)n(C)c1=O)=C(/C)CC. The van der Waals surface area contributed by atoms with E-state index in [2.05, 4.69) is 5.32 Å². The summed E-state index contributed by atoms with van der Waals surface area (Å²) < 4.78 is 1.33. The highest BCUT2D eigenvalue weighted by atomic mass is 16.3. The topological polar surface area (TPSA) is 71.3 Å². The first-order chi connectivity index (χ1) is 10.8. The summed E-state index contributed by atoms with van der Waals surface area (Å²) in [6, 6.07) is 1.40. The van der Waals surface area contributed by atoms with Crippen molar-refractivity contribution >= 4 is 5.91 Å². The minimum atomic E-state index is -0.615. The van der Waals surface area contributed by atoms with Crippen molar-refractivity contribution in [3.63, 3.8) is 0 Å². The van der Waals surface area contributed by atoms with E-state index in [0.717, 1.165) is 12.0 Å². The summed E-state index contributed by atoms with van der Waals surface area (Å²) in [4.78, 5) is 24.7. The second-order valence-corrected chi connectivity index (χ2v) is 5.30. The molecule has 0 saturated heterocycles. The van der Waals surface area contributed by atoms with Crippen molar-refractivity contribution in [2.75, 3.05) is 0 Å². The van der Waals surface area contributed by atoms with Gasteiger partial charge in [0.15, 0.2) is 0 Å². The van der Waals surface area contributed by atoms with E-state index in [1.54, 1.807) is 20.0 Å². The molecule has 0 radical (unpaired) electrons. The number of nitrogens with zero attached hydrogens (tertiary/aromatic N) is 1. The molecule has 0 bridgehead atoms. The van der Waals surface area contributed by atoms with Crippen LogP contribution in [0.2, 0.25) is 0 Å². The Morgan fingerprint density at radius 2 is 2.04 bits per heavy atom. The Labute approximate surface area is 136 Å². The summed E-state index contributed by atoms with van der Waals surface area (Å²) in [7, 11) is 1.56. The number of carbonyl (C=O) groups excluding carboxylic acids is 1. The monoisotopic (exact) mass is 316 g/mol. The van der Waals surface area contributed by atoms with Crippen molar-refractivity contribution in [2.24, 2.45) is 7.05 Å². The predicted molar refractivity (Wildman–Crippen MR) is 92.5 cm³/mol. The molecular formula is C18H24N2O3. The number of aromatic hydroxyl groups is 1. The van der Waals surface area contributed by atoms with E-state index < -0.39 is 11.5 Å². The van der Waals surface area contributed by atoms with Crippen LogP contribution >= 0.6 is 0 Å². The average molecular weight is 316 g/mol. The van der Waals surface area contributed by atoms with E-state index in [0.29, 0.717) is 11.4 Å². The largest absolute Gasteiger partial charge is 0.507 e. The van der Waals surface area contributed by atoms with Gasteiger partial charge in [0.2, 0.25) is 0 Å². The molecule has 0 spiro atoms. The van der Waals surface area contributed by atoms with E-state index in [1.165, 1.54) is 10.6 Å². The number of rotatable bonds is 5. The Hall–Kier alpha value is -2.56. The normalized spacial score (nSPS) is 12.7. The second-order valence-electron chi connectivity index (χ2n) is 5.30. The standard InChI is InChI=1S/C18H24N2O3/c1-6-8-9-10-14(12(3)7-2)19-17(22)16-15(21)11-13(4)20(5)18(16)23/h6,8-11,21H,7H2,1-5H3,(H,19,22)/b8-6-,10-9-,14-12-. The average Bonchev–Trinajstić information content (AvgIpc) is 2.51. The van der Waals surface area contributed by atoms with Crippen molar-refractivity contribution in [3.8, 4) is 5.75 Å². The molecule has 1 heterocycles. The molecule has 1 amide bonds. The Balaban J connectivity index is 3.25. The van der Waals surface area contributed by atoms with Crippen LogP contribution in [0.1, 0.15) is 43.2 Å². The molecular weight excluding hydrogens is 292 g/mol. The Kier molecular flexibility index (Phi) is 6.57. The lowest BCUT2D eigenvalue weighted by atomic mass is 10.1. The summed E-state index contributed by atoms with van der Waals surface area (Å²) in [6.07, 6.45) is 8.05. The Morgan fingerprint density at radius 3 is 2.61 bits per heavy atom. The first kappa shape index (κ1) is 18.5. The lowest BCUT2D eigenvalue weighted by Crippen LogP contribution is -2.32. The van der Waals surface area contributed by atoms with Crippen LogP contribution in [-0.2, 0) is 7.05 Å². The number of amides is 1. The number of nitrogens with one attached hydrogen (secondary N) is 1. The predicted octanol–water partition coefficient (Wildman–Crippen LogP) is 2.95. The van der Waals surface area contributed by atoms with Crippen LogP contribution in [0.3, 0.4) is 0 Å². The third kappa shape index (κ3) is 4.45. The molecule has 0 atom stereocenters. The van der Waals surface area contributed by atoms with Gasteiger partial charge in [-0.2, -0.15) is 0 Å². The highest BCUT2D eigenvalue weighted by molar-refractivity contribution is 5.97. The summed E-state index contributed by atoms with van der Waals surface area (Å²) in [5, 5.41) is 12.7. The Bertz CT molecular complexity index is 737. The highest BCUT2D eigenvalue weighted by Crippen LogP contribution is 2.15. The minimum absolute atomic E-state index is 0.251. The molecule has 124 valence electrons. The number of hydrogen-bond acceptors (Lipinski definition) is 3. The van der Waals surface area contributed by atoms with Gasteiger partial charge in [0.25, 0.3) is 11.5 Å². The molecule has 0 fully saturated rings. The summed E-state index contributed by atoms with van der Waals surface area (Å²) in [5.41, 5.74) is 1.41. The fraction of sp³-hybridized carbons (Fsp3) is 0.333. The molecule has 1 aromatic rings. The van der Waals surface area contributed by atoms with Crippen molar-refractivity contribution in [2.45, 2.75) is 34.1 Å². The molecule has 2 N–H and O–H groups in total. The number of allylic oxidation sites excluding steroid dienone is 5. The van der Waals surface area contributed by atoms with Crippen molar-refractivity contribution in [1.29, 1.82) is 0 Å². The molecule has 0 unspecified atom stereocenters. The van der Waals surface area contributed by atoms with Crippen LogP contribution in [0.5, 0.6) is 5.75 Å². The number of pyridine rings is 1. The lowest BCUT2D eigenvalue weighted by Gasteiger charge is -2.12. The summed E-state index contributed by atoms with van der Waals surface area (Å²) in [6.45, 7) is 7.47. The molecule has 0 aromatic carbocycles. The summed E-state index contributed by atoms with van der Waals surface area (Å²) in [5.74, 6) is -0.926. The van der Waals surface area contributed by atoms with Gasteiger partial charge in [-0.15, -0.1) is 0 Å². The fourth-order valence-electron chi connectivity index (χ4n) is 1.95. The van der Waals surface area contributed by atoms with E-state index >= 15 is 0 Å². The fourth-order valence-corrected chi connectivity index (χ4v) is 1.95. The van der Waals surface area contributed by atoms with Crippen LogP contribution in [0.4, 0.5) is 0 Å². The summed E-state index contributed by atoms with van der Waals surface area (Å²) >= 11 is 0. The smallest absolute Gasteiger partial charge is 0.267 e. The van der Waals surface area contributed by atoms with E-state index in [-0.39, 0.29) is 11.3 Å². The van der Waals surface area contributed by atoms with Gasteiger partial charge in [-0.25, -0.2) is 0 Å². The Morgan fingerprint density at radius 1 is 1.39 bits per heavy atom. The third-order valence-corrected chi connectivity index (χ3v) is 3.68. The molecule has 1 rings (SSSR count). The zero-order valence-corrected chi connectivity index (χ0v) is 14.3. The van der Waals surface area contributed by atoms with Gasteiger partial charge in [0, 0.05) is 24.5 Å². The number of carbonyl (C=O) groups is 1. The quantitative estimate of drug-likeness (QED) is 0.820. The number of hydrogen-bond donors (Lipinski definition) is 2. The van der Waals surface area contributed by atoms with Crippen LogP contribution in [0.25, 0.3) is 0 Å². The zero-order valence-electron chi connectivity index (χ0n) is 14.3.